The van der Waals surface area contributed by atoms with Crippen LogP contribution in [-0.2, 0) is 4.79 Å². The van der Waals surface area contributed by atoms with E-state index in [-0.39, 0.29) is 11.3 Å². The van der Waals surface area contributed by atoms with Crippen LogP contribution < -0.4 is 5.32 Å². The normalized spacial score (nSPS) is 11.1. The molecule has 2 rings (SSSR count). The predicted octanol–water partition coefficient (Wildman–Crippen LogP) is 3.96. The number of benzene rings is 2. The van der Waals surface area contributed by atoms with Crippen LogP contribution in [0.4, 0.5) is 18.9 Å². The van der Waals surface area contributed by atoms with E-state index in [2.05, 4.69) is 0 Å². The number of nitrogens with zero attached hydrogens (tertiary/aromatic N) is 1. The molecule has 0 unspecified atom stereocenters. The Morgan fingerprint density at radius 2 is 1.80 bits per heavy atom. The maximum Gasteiger partial charge on any atom is 0.471 e. The lowest BCUT2D eigenvalue weighted by Gasteiger charge is -2.10. The van der Waals surface area contributed by atoms with Gasteiger partial charge < -0.3 is 5.32 Å². The van der Waals surface area contributed by atoms with Gasteiger partial charge in [0.2, 0.25) is 0 Å². The molecule has 25 heavy (non-hydrogen) atoms. The number of anilines is 1. The van der Waals surface area contributed by atoms with Crippen LogP contribution in [0.15, 0.2) is 54.6 Å². The second-order valence-corrected chi connectivity index (χ2v) is 4.93. The van der Waals surface area contributed by atoms with Crippen LogP contribution in [0.5, 0.6) is 0 Å². The van der Waals surface area contributed by atoms with Gasteiger partial charge in [-0.2, -0.15) is 18.4 Å². The average molecular weight is 344 g/mol. The van der Waals surface area contributed by atoms with Crippen molar-refractivity contribution in [2.75, 3.05) is 5.32 Å². The number of carbonyl (C=O) groups is 2. The summed E-state index contributed by atoms with van der Waals surface area (Å²) in [5, 5.41) is 10.5. The van der Waals surface area contributed by atoms with Gasteiger partial charge in [0.05, 0.1) is 17.3 Å². The molecule has 0 saturated carbocycles. The monoisotopic (exact) mass is 344 g/mol. The average Bonchev–Trinajstić information content (AvgIpc) is 2.59. The molecular weight excluding hydrogens is 333 g/mol. The smallest absolute Gasteiger partial charge is 0.318 e. The minimum atomic E-state index is -5.05. The lowest BCUT2D eigenvalue weighted by atomic mass is 10.1. The van der Waals surface area contributed by atoms with Crippen molar-refractivity contribution in [2.24, 2.45) is 0 Å². The Labute approximate surface area is 141 Å². The first-order valence-electron chi connectivity index (χ1n) is 7.01. The number of rotatable bonds is 4. The maximum absolute atomic E-state index is 12.4. The van der Waals surface area contributed by atoms with Crippen LogP contribution >= 0.6 is 0 Å². The molecule has 0 bridgehead atoms. The molecule has 4 nitrogen and oxygen atoms in total. The molecule has 0 heterocycles. The van der Waals surface area contributed by atoms with E-state index in [4.69, 9.17) is 5.26 Å². The second kappa shape index (κ2) is 7.45. The number of alkyl halides is 3. The maximum atomic E-state index is 12.4. The Morgan fingerprint density at radius 3 is 2.48 bits per heavy atom. The zero-order valence-corrected chi connectivity index (χ0v) is 12.7. The molecule has 0 saturated heterocycles. The number of amides is 1. The first-order chi connectivity index (χ1) is 11.8. The van der Waals surface area contributed by atoms with Crippen molar-refractivity contribution in [1.82, 2.24) is 0 Å². The van der Waals surface area contributed by atoms with Gasteiger partial charge in [0.15, 0.2) is 5.78 Å². The van der Waals surface area contributed by atoms with Gasteiger partial charge in [0.25, 0.3) is 0 Å². The summed E-state index contributed by atoms with van der Waals surface area (Å²) >= 11 is 0. The Morgan fingerprint density at radius 1 is 1.08 bits per heavy atom. The molecule has 1 N–H and O–H groups in total. The van der Waals surface area contributed by atoms with E-state index in [9.17, 15) is 22.8 Å². The molecule has 0 fully saturated rings. The molecule has 2 aromatic rings. The van der Waals surface area contributed by atoms with Gasteiger partial charge in [0, 0.05) is 5.56 Å². The first kappa shape index (κ1) is 17.9. The summed E-state index contributed by atoms with van der Waals surface area (Å²) in [7, 11) is 0. The van der Waals surface area contributed by atoms with Gasteiger partial charge in [-0.1, -0.05) is 30.3 Å². The Hall–Kier alpha value is -3.40. The summed E-state index contributed by atoms with van der Waals surface area (Å²) in [6, 6.07) is 13.8. The number of carbonyl (C=O) groups excluding carboxylic acids is 2. The fourth-order valence-corrected chi connectivity index (χ4v) is 1.97. The van der Waals surface area contributed by atoms with Gasteiger partial charge in [0.1, 0.15) is 0 Å². The van der Waals surface area contributed by atoms with Crippen molar-refractivity contribution in [1.29, 1.82) is 5.26 Å². The molecule has 1 amide bonds. The first-order valence-corrected chi connectivity index (χ1v) is 7.01. The van der Waals surface area contributed by atoms with Crippen LogP contribution in [0.2, 0.25) is 0 Å². The van der Waals surface area contributed by atoms with E-state index in [1.807, 2.05) is 6.07 Å². The summed E-state index contributed by atoms with van der Waals surface area (Å²) in [6.07, 6.45) is -2.45. The third-order valence-corrected chi connectivity index (χ3v) is 3.14. The minimum Gasteiger partial charge on any atom is -0.318 e. The highest BCUT2D eigenvalue weighted by Gasteiger charge is 2.39. The Balaban J connectivity index is 2.23. The fourth-order valence-electron chi connectivity index (χ4n) is 1.97. The largest absolute Gasteiger partial charge is 0.471 e. The molecule has 2 aromatic carbocycles. The van der Waals surface area contributed by atoms with Crippen LogP contribution in [0.1, 0.15) is 21.5 Å². The van der Waals surface area contributed by atoms with Gasteiger partial charge in [-0.3, -0.25) is 9.59 Å². The highest BCUT2D eigenvalue weighted by molar-refractivity contribution is 6.12. The topological polar surface area (TPSA) is 70.0 Å². The van der Waals surface area contributed by atoms with Crippen molar-refractivity contribution in [2.45, 2.75) is 6.18 Å². The Kier molecular flexibility index (Phi) is 5.35. The molecule has 7 heteroatoms. The summed E-state index contributed by atoms with van der Waals surface area (Å²) < 4.78 is 37.1. The van der Waals surface area contributed by atoms with Gasteiger partial charge >= 0.3 is 12.1 Å². The summed E-state index contributed by atoms with van der Waals surface area (Å²) in [5.41, 5.74) is 0.690. The van der Waals surface area contributed by atoms with E-state index >= 15 is 0 Å². The number of halogens is 3. The number of nitriles is 1. The summed E-state index contributed by atoms with van der Waals surface area (Å²) in [5.74, 6) is -2.74. The number of ketones is 1. The highest BCUT2D eigenvalue weighted by Crippen LogP contribution is 2.21. The van der Waals surface area contributed by atoms with Gasteiger partial charge in [-0.05, 0) is 35.9 Å². The predicted molar refractivity (Wildman–Crippen MR) is 85.6 cm³/mol. The standard InChI is InChI=1S/C18H11F3N2O2/c19-18(20,21)17(25)23-15-7-2-1-6-14(15)16(24)9-8-12-4-3-5-13(10-12)11-22/h1-10H,(H,23,25)/b9-8+. The molecule has 0 aliphatic carbocycles. The van der Waals surface area contributed by atoms with Crippen LogP contribution in [0, 0.1) is 11.3 Å². The van der Waals surface area contributed by atoms with Crippen molar-refractivity contribution >= 4 is 23.5 Å². The zero-order valence-electron chi connectivity index (χ0n) is 12.7. The minimum absolute atomic E-state index is 0.0761. The van der Waals surface area contributed by atoms with Crippen molar-refractivity contribution in [3.8, 4) is 6.07 Å². The molecule has 0 radical (unpaired) electrons. The Bertz CT molecular complexity index is 880. The van der Waals surface area contributed by atoms with E-state index in [1.165, 1.54) is 30.3 Å². The van der Waals surface area contributed by atoms with Gasteiger partial charge in [-0.25, -0.2) is 0 Å². The van der Waals surface area contributed by atoms with Crippen LogP contribution in [0.25, 0.3) is 6.08 Å². The second-order valence-electron chi connectivity index (χ2n) is 4.93. The lowest BCUT2D eigenvalue weighted by Crippen LogP contribution is -2.30. The van der Waals surface area contributed by atoms with Crippen molar-refractivity contribution < 1.29 is 22.8 Å². The lowest BCUT2D eigenvalue weighted by molar-refractivity contribution is -0.167. The van der Waals surface area contributed by atoms with Crippen LogP contribution in [0.3, 0.4) is 0 Å². The SMILES string of the molecule is N#Cc1cccc(/C=C/C(=O)c2ccccc2NC(=O)C(F)(F)F)c1. The third kappa shape index (κ3) is 4.78. The number of hydrogen-bond acceptors (Lipinski definition) is 3. The third-order valence-electron chi connectivity index (χ3n) is 3.14. The van der Waals surface area contributed by atoms with Crippen molar-refractivity contribution in [3.05, 3.63) is 71.3 Å². The molecule has 0 spiro atoms. The quantitative estimate of drug-likeness (QED) is 0.674. The summed E-state index contributed by atoms with van der Waals surface area (Å²) in [4.78, 5) is 23.3. The zero-order chi connectivity index (χ0) is 18.4. The fraction of sp³-hybridized carbons (Fsp3) is 0.0556. The molecule has 0 aliphatic heterocycles. The van der Waals surface area contributed by atoms with Gasteiger partial charge in [-0.15, -0.1) is 0 Å². The highest BCUT2D eigenvalue weighted by atomic mass is 19.4. The molecule has 0 aliphatic rings. The van der Waals surface area contributed by atoms with E-state index < -0.39 is 17.9 Å². The van der Waals surface area contributed by atoms with Crippen molar-refractivity contribution in [3.63, 3.8) is 0 Å². The molecule has 126 valence electrons. The molecular formula is C18H11F3N2O2. The number of para-hydroxylation sites is 1. The molecule has 0 atom stereocenters. The van der Waals surface area contributed by atoms with E-state index in [1.54, 1.807) is 29.6 Å². The number of nitrogens with one attached hydrogen (secondary N) is 1. The van der Waals surface area contributed by atoms with E-state index in [0.29, 0.717) is 11.1 Å². The van der Waals surface area contributed by atoms with Crippen LogP contribution in [-0.4, -0.2) is 17.9 Å². The molecule has 0 aromatic heterocycles. The summed E-state index contributed by atoms with van der Waals surface area (Å²) in [6.45, 7) is 0. The number of hydrogen-bond donors (Lipinski definition) is 1. The van der Waals surface area contributed by atoms with E-state index in [0.717, 1.165) is 6.08 Å². The number of allylic oxidation sites excluding steroid dienone is 1.